The molecule has 4 aromatic rings. The molecule has 1 aliphatic rings. The van der Waals surface area contributed by atoms with Crippen LogP contribution < -0.4 is 10.3 Å². The van der Waals surface area contributed by atoms with E-state index in [1.807, 2.05) is 6.92 Å². The van der Waals surface area contributed by atoms with Crippen LogP contribution in [-0.4, -0.2) is 32.5 Å². The van der Waals surface area contributed by atoms with Crippen molar-refractivity contribution in [2.75, 3.05) is 19.5 Å². The van der Waals surface area contributed by atoms with E-state index < -0.39 is 39.2 Å². The molecule has 11 heteroatoms. The fourth-order valence-electron chi connectivity index (χ4n) is 4.90. The number of thioether (sulfide) groups is 1. The second kappa shape index (κ2) is 11.4. The second-order valence-corrected chi connectivity index (χ2v) is 12.3. The first-order chi connectivity index (χ1) is 19.5. The molecule has 214 valence electrons. The lowest BCUT2D eigenvalue weighted by Crippen LogP contribution is -2.30. The number of aryl methyl sites for hydroxylation is 1. The van der Waals surface area contributed by atoms with Crippen molar-refractivity contribution in [1.29, 1.82) is 0 Å². The number of hydrogen-bond donors (Lipinski definition) is 0. The van der Waals surface area contributed by atoms with Crippen LogP contribution in [0, 0.1) is 31.3 Å². The van der Waals surface area contributed by atoms with Crippen LogP contribution >= 0.6 is 11.8 Å². The van der Waals surface area contributed by atoms with E-state index in [9.17, 15) is 22.0 Å². The van der Waals surface area contributed by atoms with Crippen LogP contribution in [0.25, 0.3) is 11.1 Å². The molecule has 1 unspecified atom stereocenters. The number of methoxy groups -OCH3 is 1. The van der Waals surface area contributed by atoms with Gasteiger partial charge in [0.2, 0.25) is 0 Å². The number of fused-ring (bicyclic) bond motifs is 1. The highest BCUT2D eigenvalue weighted by Gasteiger charge is 2.33. The third-order valence-corrected chi connectivity index (χ3v) is 9.67. The maximum atomic E-state index is 15.5. The molecule has 1 atom stereocenters. The summed E-state index contributed by atoms with van der Waals surface area (Å²) in [6.45, 7) is 3.06. The Bertz CT molecular complexity index is 1780. The SMILES string of the molecule is COc1cccc(-c2c(C)c(Cc3c(F)cccc3F)c3n(c2=O)C(COS(=O)(=O)c2ccc(C)cc2)CS3)c1F. The molecule has 0 fully saturated rings. The van der Waals surface area contributed by atoms with Gasteiger partial charge in [-0.2, -0.15) is 8.42 Å². The van der Waals surface area contributed by atoms with E-state index in [0.29, 0.717) is 16.2 Å². The van der Waals surface area contributed by atoms with Crippen LogP contribution in [0.1, 0.15) is 28.3 Å². The summed E-state index contributed by atoms with van der Waals surface area (Å²) >= 11 is 1.25. The zero-order valence-electron chi connectivity index (χ0n) is 22.4. The Morgan fingerprint density at radius 3 is 2.27 bits per heavy atom. The number of nitrogens with zero attached hydrogens (tertiary/aromatic N) is 1. The molecule has 1 aromatic heterocycles. The third-order valence-electron chi connectivity index (χ3n) is 7.11. The molecule has 0 saturated heterocycles. The van der Waals surface area contributed by atoms with Gasteiger partial charge in [0.05, 0.1) is 35.2 Å². The lowest BCUT2D eigenvalue weighted by Gasteiger charge is -2.21. The Kier molecular flexibility index (Phi) is 8.04. The molecule has 5 rings (SSSR count). The van der Waals surface area contributed by atoms with Gasteiger partial charge in [0.15, 0.2) is 11.6 Å². The molecule has 0 amide bonds. The van der Waals surface area contributed by atoms with E-state index in [2.05, 4.69) is 0 Å². The summed E-state index contributed by atoms with van der Waals surface area (Å²) < 4.78 is 82.5. The predicted octanol–water partition coefficient (Wildman–Crippen LogP) is 6.20. The second-order valence-electron chi connectivity index (χ2n) is 9.67. The Morgan fingerprint density at radius 1 is 0.951 bits per heavy atom. The molecule has 0 radical (unpaired) electrons. The van der Waals surface area contributed by atoms with Gasteiger partial charge >= 0.3 is 0 Å². The van der Waals surface area contributed by atoms with Crippen molar-refractivity contribution in [3.8, 4) is 16.9 Å². The summed E-state index contributed by atoms with van der Waals surface area (Å²) in [5.74, 6) is -2.09. The van der Waals surface area contributed by atoms with Gasteiger partial charge in [-0.05, 0) is 55.3 Å². The predicted molar refractivity (Wildman–Crippen MR) is 151 cm³/mol. The number of benzene rings is 3. The van der Waals surface area contributed by atoms with Crippen LogP contribution in [0.5, 0.6) is 5.75 Å². The van der Waals surface area contributed by atoms with Crippen molar-refractivity contribution in [1.82, 2.24) is 4.57 Å². The first-order valence-electron chi connectivity index (χ1n) is 12.7. The van der Waals surface area contributed by atoms with Crippen molar-refractivity contribution in [3.63, 3.8) is 0 Å². The average Bonchev–Trinajstić information content (AvgIpc) is 3.37. The van der Waals surface area contributed by atoms with Crippen LogP contribution in [0.3, 0.4) is 0 Å². The minimum atomic E-state index is -4.14. The molecule has 0 spiro atoms. The maximum absolute atomic E-state index is 15.5. The zero-order valence-corrected chi connectivity index (χ0v) is 24.0. The molecule has 0 bridgehead atoms. The first kappa shape index (κ1) is 29.0. The number of halogens is 3. The quantitative estimate of drug-likeness (QED) is 0.224. The number of rotatable bonds is 8. The smallest absolute Gasteiger partial charge is 0.297 e. The van der Waals surface area contributed by atoms with Gasteiger partial charge in [-0.3, -0.25) is 13.5 Å². The number of aromatic nitrogens is 1. The standard InChI is InChI=1S/C30H26F3NO5S2/c1-17-10-12-20(13-11-17)41(36,37)39-15-19-16-40-30-22(14-23-24(31)7-5-8-25(23)32)18(2)27(29(35)34(19)30)21-6-4-9-26(38-3)28(21)33/h4-13,19H,14-16H2,1-3H3. The normalized spacial score (nSPS) is 14.7. The highest BCUT2D eigenvalue weighted by Crippen LogP contribution is 2.41. The lowest BCUT2D eigenvalue weighted by atomic mass is 9.94. The summed E-state index contributed by atoms with van der Waals surface area (Å²) in [7, 11) is -2.84. The molecule has 0 aliphatic carbocycles. The van der Waals surface area contributed by atoms with Crippen LogP contribution in [0.2, 0.25) is 0 Å². The van der Waals surface area contributed by atoms with Gasteiger partial charge in [0, 0.05) is 23.3 Å². The molecule has 0 N–H and O–H groups in total. The van der Waals surface area contributed by atoms with Gasteiger partial charge in [0.1, 0.15) is 11.6 Å². The van der Waals surface area contributed by atoms with Crippen LogP contribution in [0.15, 0.2) is 75.4 Å². The largest absolute Gasteiger partial charge is 0.494 e. The summed E-state index contributed by atoms with van der Waals surface area (Å²) in [6.07, 6.45) is -0.208. The van der Waals surface area contributed by atoms with E-state index in [1.165, 1.54) is 59.8 Å². The summed E-state index contributed by atoms with van der Waals surface area (Å²) in [4.78, 5) is 14.0. The molecule has 3 aromatic carbocycles. The Balaban J connectivity index is 1.64. The molecule has 2 heterocycles. The van der Waals surface area contributed by atoms with E-state index in [1.54, 1.807) is 19.1 Å². The maximum Gasteiger partial charge on any atom is 0.297 e. The van der Waals surface area contributed by atoms with Crippen molar-refractivity contribution in [2.45, 2.75) is 36.2 Å². The Morgan fingerprint density at radius 2 is 1.61 bits per heavy atom. The van der Waals surface area contributed by atoms with E-state index >= 15 is 4.39 Å². The highest BCUT2D eigenvalue weighted by molar-refractivity contribution is 7.99. The number of ether oxygens (including phenoxy) is 1. The van der Waals surface area contributed by atoms with Crippen molar-refractivity contribution in [3.05, 3.63) is 111 Å². The van der Waals surface area contributed by atoms with Gasteiger partial charge in [-0.1, -0.05) is 35.9 Å². The van der Waals surface area contributed by atoms with Crippen molar-refractivity contribution < 1.29 is 30.5 Å². The fraction of sp³-hybridized carbons (Fsp3) is 0.233. The molecule has 6 nitrogen and oxygen atoms in total. The van der Waals surface area contributed by atoms with Gasteiger partial charge in [-0.25, -0.2) is 13.2 Å². The molecular formula is C30H26F3NO5S2. The molecular weight excluding hydrogens is 575 g/mol. The third kappa shape index (κ3) is 5.41. The summed E-state index contributed by atoms with van der Waals surface area (Å²) in [6, 6.07) is 13.3. The topological polar surface area (TPSA) is 74.6 Å². The number of pyridine rings is 1. The number of hydrogen-bond acceptors (Lipinski definition) is 6. The Hall–Kier alpha value is -3.54. The average molecular weight is 602 g/mol. The van der Waals surface area contributed by atoms with E-state index in [4.69, 9.17) is 8.92 Å². The van der Waals surface area contributed by atoms with Crippen LogP contribution in [0.4, 0.5) is 13.2 Å². The molecule has 41 heavy (non-hydrogen) atoms. The minimum absolute atomic E-state index is 0.00853. The van der Waals surface area contributed by atoms with Gasteiger partial charge in [-0.15, -0.1) is 11.8 Å². The van der Waals surface area contributed by atoms with Crippen molar-refractivity contribution >= 4 is 21.9 Å². The van der Waals surface area contributed by atoms with Gasteiger partial charge in [0.25, 0.3) is 15.7 Å². The fourth-order valence-corrected chi connectivity index (χ4v) is 7.20. The van der Waals surface area contributed by atoms with E-state index in [0.717, 1.165) is 17.7 Å². The van der Waals surface area contributed by atoms with Gasteiger partial charge < -0.3 is 4.74 Å². The van der Waals surface area contributed by atoms with E-state index in [-0.39, 0.29) is 46.1 Å². The summed E-state index contributed by atoms with van der Waals surface area (Å²) in [5, 5.41) is 0.420. The Labute approximate surface area is 239 Å². The monoisotopic (exact) mass is 601 g/mol. The minimum Gasteiger partial charge on any atom is -0.494 e. The summed E-state index contributed by atoms with van der Waals surface area (Å²) in [5.41, 5.74) is 0.845. The zero-order chi connectivity index (χ0) is 29.5. The molecule has 1 aliphatic heterocycles. The highest BCUT2D eigenvalue weighted by atomic mass is 32.2. The molecule has 0 saturated carbocycles. The lowest BCUT2D eigenvalue weighted by molar-refractivity contribution is 0.262. The van der Waals surface area contributed by atoms with Crippen molar-refractivity contribution in [2.24, 2.45) is 0 Å². The van der Waals surface area contributed by atoms with Crippen LogP contribution in [-0.2, 0) is 20.7 Å². The first-order valence-corrected chi connectivity index (χ1v) is 15.1.